The lowest BCUT2D eigenvalue weighted by atomic mass is 9.68. The fraction of sp³-hybridized carbons (Fsp3) is 0.0769. The first-order chi connectivity index (χ1) is 13.7. The second-order valence-corrected chi connectivity index (χ2v) is 7.09. The van der Waals surface area contributed by atoms with E-state index in [4.69, 9.17) is 4.74 Å². The Morgan fingerprint density at radius 1 is 0.607 bits per heavy atom. The molecule has 0 heterocycles. The van der Waals surface area contributed by atoms with Crippen LogP contribution in [0.3, 0.4) is 0 Å². The van der Waals surface area contributed by atoms with Crippen LogP contribution in [0.2, 0.25) is 0 Å². The number of hydrogen-bond donors (Lipinski definition) is 0. The molecule has 5 rings (SSSR count). The van der Waals surface area contributed by atoms with Crippen molar-refractivity contribution >= 4 is 0 Å². The van der Waals surface area contributed by atoms with Gasteiger partial charge in [0.2, 0.25) is 0 Å². The van der Waals surface area contributed by atoms with Crippen molar-refractivity contribution in [2.75, 3.05) is 7.11 Å². The van der Waals surface area contributed by atoms with Crippen LogP contribution in [-0.4, -0.2) is 7.11 Å². The van der Waals surface area contributed by atoms with Crippen LogP contribution in [0.4, 0.5) is 0 Å². The standard InChI is InChI=1S/C26H20O2/c1-28-21-16-12-19(13-17-21)26(18-10-14-20(27)15-11-18)24-8-4-2-6-22(24)23-7-3-5-9-25(23)26/h2-17,27H,1H3/p-1. The minimum absolute atomic E-state index is 0.0215. The highest BCUT2D eigenvalue weighted by molar-refractivity contribution is 5.86. The molecule has 0 amide bonds. The van der Waals surface area contributed by atoms with Gasteiger partial charge in [-0.15, -0.1) is 5.75 Å². The molecule has 0 atom stereocenters. The summed E-state index contributed by atoms with van der Waals surface area (Å²) < 4.78 is 5.38. The number of benzene rings is 4. The first-order valence-electron chi connectivity index (χ1n) is 9.36. The van der Waals surface area contributed by atoms with Crippen molar-refractivity contribution in [2.24, 2.45) is 0 Å². The molecule has 0 saturated carbocycles. The first kappa shape index (κ1) is 16.6. The average Bonchev–Trinajstić information content (AvgIpc) is 3.06. The van der Waals surface area contributed by atoms with Gasteiger partial charge in [-0.1, -0.05) is 84.9 Å². The molecule has 136 valence electrons. The highest BCUT2D eigenvalue weighted by Gasteiger charge is 2.45. The van der Waals surface area contributed by atoms with Crippen LogP contribution in [-0.2, 0) is 5.41 Å². The Hall–Kier alpha value is -3.52. The predicted molar refractivity (Wildman–Crippen MR) is 110 cm³/mol. The van der Waals surface area contributed by atoms with E-state index in [1.165, 1.54) is 22.3 Å². The third kappa shape index (κ3) is 2.21. The molecule has 0 spiro atoms. The van der Waals surface area contributed by atoms with Gasteiger partial charge in [-0.05, 0) is 45.5 Å². The Morgan fingerprint density at radius 2 is 1.07 bits per heavy atom. The van der Waals surface area contributed by atoms with Crippen LogP contribution in [0, 0.1) is 0 Å². The van der Waals surface area contributed by atoms with E-state index in [-0.39, 0.29) is 5.75 Å². The van der Waals surface area contributed by atoms with Crippen LogP contribution in [0.15, 0.2) is 97.1 Å². The molecule has 4 aromatic carbocycles. The van der Waals surface area contributed by atoms with E-state index in [0.717, 1.165) is 16.9 Å². The number of methoxy groups -OCH3 is 1. The van der Waals surface area contributed by atoms with Gasteiger partial charge in [0.1, 0.15) is 5.75 Å². The van der Waals surface area contributed by atoms with E-state index in [0.29, 0.717) is 0 Å². The summed E-state index contributed by atoms with van der Waals surface area (Å²) in [7, 11) is 1.68. The van der Waals surface area contributed by atoms with Crippen LogP contribution in [0.25, 0.3) is 11.1 Å². The van der Waals surface area contributed by atoms with Gasteiger partial charge in [0, 0.05) is 0 Å². The SMILES string of the molecule is COc1ccc(C2(c3ccc([O-])cc3)c3ccccc3-c3ccccc32)cc1. The maximum atomic E-state index is 11.8. The fourth-order valence-electron chi connectivity index (χ4n) is 4.57. The third-order valence-corrected chi connectivity index (χ3v) is 5.76. The van der Waals surface area contributed by atoms with E-state index in [9.17, 15) is 5.11 Å². The molecule has 4 aromatic rings. The Morgan fingerprint density at radius 3 is 1.57 bits per heavy atom. The van der Waals surface area contributed by atoms with E-state index >= 15 is 0 Å². The highest BCUT2D eigenvalue weighted by atomic mass is 16.5. The molecule has 1 aliphatic rings. The molecular weight excluding hydrogens is 344 g/mol. The van der Waals surface area contributed by atoms with E-state index in [1.54, 1.807) is 19.2 Å². The summed E-state index contributed by atoms with van der Waals surface area (Å²) in [5, 5.41) is 11.8. The number of hydrogen-bond acceptors (Lipinski definition) is 2. The lowest BCUT2D eigenvalue weighted by Gasteiger charge is -2.34. The van der Waals surface area contributed by atoms with E-state index in [2.05, 4.69) is 60.7 Å². The van der Waals surface area contributed by atoms with E-state index in [1.807, 2.05) is 24.3 Å². The van der Waals surface area contributed by atoms with Gasteiger partial charge >= 0.3 is 0 Å². The van der Waals surface area contributed by atoms with Crippen LogP contribution in [0.1, 0.15) is 22.3 Å². The van der Waals surface area contributed by atoms with Crippen molar-refractivity contribution in [1.29, 1.82) is 0 Å². The zero-order valence-corrected chi connectivity index (χ0v) is 15.6. The second-order valence-electron chi connectivity index (χ2n) is 7.09. The number of rotatable bonds is 3. The Balaban J connectivity index is 1.91. The van der Waals surface area contributed by atoms with Gasteiger partial charge in [0.25, 0.3) is 0 Å². The third-order valence-electron chi connectivity index (χ3n) is 5.76. The van der Waals surface area contributed by atoms with Crippen LogP contribution < -0.4 is 9.84 Å². The first-order valence-corrected chi connectivity index (χ1v) is 9.36. The molecule has 1 aliphatic carbocycles. The van der Waals surface area contributed by atoms with Crippen molar-refractivity contribution in [3.63, 3.8) is 0 Å². The summed E-state index contributed by atoms with van der Waals surface area (Å²) in [4.78, 5) is 0. The quantitative estimate of drug-likeness (QED) is 0.445. The summed E-state index contributed by atoms with van der Waals surface area (Å²) in [5.74, 6) is 0.849. The summed E-state index contributed by atoms with van der Waals surface area (Å²) in [6, 6.07) is 32.6. The van der Waals surface area contributed by atoms with Crippen molar-refractivity contribution < 1.29 is 9.84 Å². The number of fused-ring (bicyclic) bond motifs is 3. The summed E-state index contributed by atoms with van der Waals surface area (Å²) in [5.41, 5.74) is 6.73. The maximum absolute atomic E-state index is 11.8. The lowest BCUT2D eigenvalue weighted by Crippen LogP contribution is -2.28. The second kappa shape index (κ2) is 6.28. The lowest BCUT2D eigenvalue weighted by molar-refractivity contribution is -0.268. The molecule has 0 aliphatic heterocycles. The minimum Gasteiger partial charge on any atom is -0.872 e. The Labute approximate surface area is 164 Å². The molecule has 0 unspecified atom stereocenters. The van der Waals surface area contributed by atoms with Crippen molar-refractivity contribution in [3.8, 4) is 22.6 Å². The molecule has 0 N–H and O–H groups in total. The van der Waals surface area contributed by atoms with Crippen LogP contribution >= 0.6 is 0 Å². The van der Waals surface area contributed by atoms with Crippen LogP contribution in [0.5, 0.6) is 11.5 Å². The Kier molecular flexibility index (Phi) is 3.73. The molecule has 2 heteroatoms. The molecular formula is C26H19O2-. The van der Waals surface area contributed by atoms with Crippen molar-refractivity contribution in [2.45, 2.75) is 5.41 Å². The van der Waals surface area contributed by atoms with Gasteiger partial charge in [0.05, 0.1) is 12.5 Å². The fourth-order valence-corrected chi connectivity index (χ4v) is 4.57. The zero-order valence-electron chi connectivity index (χ0n) is 15.6. The molecule has 0 aromatic heterocycles. The number of ether oxygens (including phenoxy) is 1. The smallest absolute Gasteiger partial charge is 0.118 e. The van der Waals surface area contributed by atoms with Crippen molar-refractivity contribution in [3.05, 3.63) is 119 Å². The molecule has 0 saturated heterocycles. The maximum Gasteiger partial charge on any atom is 0.118 e. The van der Waals surface area contributed by atoms with Gasteiger partial charge in [-0.2, -0.15) is 0 Å². The summed E-state index contributed by atoms with van der Waals surface area (Å²) in [6.45, 7) is 0. The van der Waals surface area contributed by atoms with Gasteiger partial charge in [-0.3, -0.25) is 0 Å². The van der Waals surface area contributed by atoms with Gasteiger partial charge in [0.15, 0.2) is 0 Å². The summed E-state index contributed by atoms with van der Waals surface area (Å²) >= 11 is 0. The molecule has 2 nitrogen and oxygen atoms in total. The van der Waals surface area contributed by atoms with E-state index < -0.39 is 5.41 Å². The predicted octanol–water partition coefficient (Wildman–Crippen LogP) is 5.13. The zero-order chi connectivity index (χ0) is 19.1. The largest absolute Gasteiger partial charge is 0.872 e. The van der Waals surface area contributed by atoms with Gasteiger partial charge in [-0.25, -0.2) is 0 Å². The average molecular weight is 363 g/mol. The molecule has 0 radical (unpaired) electrons. The van der Waals surface area contributed by atoms with Gasteiger partial charge < -0.3 is 9.84 Å². The summed E-state index contributed by atoms with van der Waals surface area (Å²) in [6.07, 6.45) is 0. The molecule has 28 heavy (non-hydrogen) atoms. The topological polar surface area (TPSA) is 32.3 Å². The Bertz CT molecular complexity index is 1100. The normalized spacial score (nSPS) is 13.6. The van der Waals surface area contributed by atoms with Crippen molar-refractivity contribution in [1.82, 2.24) is 0 Å². The molecule has 0 fully saturated rings. The monoisotopic (exact) mass is 363 g/mol. The molecule has 0 bridgehead atoms. The highest BCUT2D eigenvalue weighted by Crippen LogP contribution is 2.56. The minimum atomic E-state index is -0.465.